The van der Waals surface area contributed by atoms with Crippen LogP contribution < -0.4 is 0 Å². The van der Waals surface area contributed by atoms with Crippen LogP contribution in [0.5, 0.6) is 0 Å². The molecule has 1 unspecified atom stereocenters. The molecule has 7 heteroatoms. The molecule has 2 aromatic carbocycles. The molecule has 0 saturated carbocycles. The summed E-state index contributed by atoms with van der Waals surface area (Å²) >= 11 is 0. The van der Waals surface area contributed by atoms with Gasteiger partial charge >= 0.3 is 6.18 Å². The molecule has 0 spiro atoms. The van der Waals surface area contributed by atoms with Crippen LogP contribution in [0.2, 0.25) is 0 Å². The summed E-state index contributed by atoms with van der Waals surface area (Å²) in [6.45, 7) is 5.67. The molecule has 0 amide bonds. The number of aryl methyl sites for hydroxylation is 1. The second kappa shape index (κ2) is 12.1. The smallest absolute Gasteiger partial charge is 0.392 e. The Labute approximate surface area is 200 Å². The zero-order chi connectivity index (χ0) is 24.7. The van der Waals surface area contributed by atoms with E-state index in [9.17, 15) is 22.7 Å². The molecule has 0 radical (unpaired) electrons. The first-order chi connectivity index (χ1) is 16.4. The number of nitrogens with zero attached hydrogens (tertiary/aromatic N) is 2. The summed E-state index contributed by atoms with van der Waals surface area (Å²) in [5.74, 6) is 0.195. The van der Waals surface area contributed by atoms with Gasteiger partial charge in [0, 0.05) is 25.6 Å². The van der Waals surface area contributed by atoms with Gasteiger partial charge in [-0.2, -0.15) is 13.2 Å². The first kappa shape index (κ1) is 26.6. The molecule has 3 nitrogen and oxygen atoms in total. The van der Waals surface area contributed by atoms with E-state index in [1.807, 2.05) is 50.2 Å². The van der Waals surface area contributed by atoms with Crippen LogP contribution in [0.15, 0.2) is 42.5 Å². The highest BCUT2D eigenvalue weighted by atomic mass is 19.4. The Kier molecular flexibility index (Phi) is 9.51. The lowest BCUT2D eigenvalue weighted by Gasteiger charge is -2.38. The third-order valence-electron chi connectivity index (χ3n) is 6.59. The van der Waals surface area contributed by atoms with Gasteiger partial charge in [-0.15, -0.1) is 0 Å². The van der Waals surface area contributed by atoms with E-state index in [2.05, 4.69) is 4.90 Å². The van der Waals surface area contributed by atoms with Gasteiger partial charge in [-0.3, -0.25) is 9.29 Å². The molecule has 2 heterocycles. The number of hydrogen-bond acceptors (Lipinski definition) is 3. The minimum Gasteiger partial charge on any atom is -0.392 e. The number of aliphatic hydroxyl groups excluding tert-OH is 1. The molecular weight excluding hydrogens is 444 g/mol. The number of alkyl halides is 4. The highest BCUT2D eigenvalue weighted by Crippen LogP contribution is 2.37. The van der Waals surface area contributed by atoms with Gasteiger partial charge in [-0.25, -0.2) is 0 Å². The first-order valence-electron chi connectivity index (χ1n) is 12.3. The van der Waals surface area contributed by atoms with E-state index < -0.39 is 18.8 Å². The zero-order valence-corrected chi connectivity index (χ0v) is 20.1. The zero-order valence-electron chi connectivity index (χ0n) is 20.1. The van der Waals surface area contributed by atoms with Gasteiger partial charge in [0.1, 0.15) is 0 Å². The second-order valence-electron chi connectivity index (χ2n) is 9.05. The summed E-state index contributed by atoms with van der Waals surface area (Å²) in [5.41, 5.74) is 4.67. The largest absolute Gasteiger partial charge is 0.401 e. The Morgan fingerprint density at radius 2 is 1.68 bits per heavy atom. The minimum atomic E-state index is -4.27. The van der Waals surface area contributed by atoms with Gasteiger partial charge in [0.15, 0.2) is 0 Å². The van der Waals surface area contributed by atoms with Crippen molar-refractivity contribution in [2.24, 2.45) is 5.92 Å². The van der Waals surface area contributed by atoms with Gasteiger partial charge < -0.3 is 10.0 Å². The van der Waals surface area contributed by atoms with Crippen molar-refractivity contribution in [3.05, 3.63) is 70.3 Å². The Balaban J connectivity index is 0.00000158. The monoisotopic (exact) mass is 480 g/mol. The van der Waals surface area contributed by atoms with Crippen molar-refractivity contribution in [3.63, 3.8) is 0 Å². The maximum absolute atomic E-state index is 13.3. The van der Waals surface area contributed by atoms with Crippen LogP contribution in [-0.2, 0) is 19.4 Å². The van der Waals surface area contributed by atoms with Gasteiger partial charge in [0.25, 0.3) is 0 Å². The SMILES string of the molecule is CC.OCc1ccc2c(c1)CCN(CC(F)(F)F)C2c1ccc(CCCN2CC(CF)C2)cc1. The van der Waals surface area contributed by atoms with E-state index in [-0.39, 0.29) is 19.2 Å². The molecular formula is C27H36F4N2O. The molecule has 1 saturated heterocycles. The molecule has 34 heavy (non-hydrogen) atoms. The van der Waals surface area contributed by atoms with Gasteiger partial charge in [0.2, 0.25) is 0 Å². The van der Waals surface area contributed by atoms with Crippen LogP contribution in [0.25, 0.3) is 0 Å². The van der Waals surface area contributed by atoms with Gasteiger partial charge in [-0.1, -0.05) is 56.3 Å². The Hall–Kier alpha value is -1.96. The molecule has 1 fully saturated rings. The molecule has 1 N–H and O–H groups in total. The highest BCUT2D eigenvalue weighted by Gasteiger charge is 2.37. The molecule has 0 bridgehead atoms. The van der Waals surface area contributed by atoms with Crippen molar-refractivity contribution >= 4 is 0 Å². The van der Waals surface area contributed by atoms with Gasteiger partial charge in [-0.05, 0) is 53.6 Å². The maximum Gasteiger partial charge on any atom is 0.401 e. The highest BCUT2D eigenvalue weighted by molar-refractivity contribution is 5.42. The lowest BCUT2D eigenvalue weighted by Crippen LogP contribution is -2.47. The fourth-order valence-electron chi connectivity index (χ4n) is 4.95. The number of halogens is 4. The predicted octanol–water partition coefficient (Wildman–Crippen LogP) is 5.55. The lowest BCUT2D eigenvalue weighted by atomic mass is 9.86. The van der Waals surface area contributed by atoms with E-state index in [0.29, 0.717) is 13.0 Å². The van der Waals surface area contributed by atoms with Crippen molar-refractivity contribution in [1.82, 2.24) is 9.80 Å². The van der Waals surface area contributed by atoms with Crippen molar-refractivity contribution < 1.29 is 22.7 Å². The summed E-state index contributed by atoms with van der Waals surface area (Å²) < 4.78 is 52.4. The summed E-state index contributed by atoms with van der Waals surface area (Å²) in [5, 5.41) is 9.43. The molecule has 2 aliphatic rings. The van der Waals surface area contributed by atoms with Crippen LogP contribution in [0, 0.1) is 5.92 Å². The Bertz CT molecular complexity index is 894. The average Bonchev–Trinajstić information content (AvgIpc) is 2.81. The van der Waals surface area contributed by atoms with Crippen LogP contribution in [-0.4, -0.2) is 60.5 Å². The Morgan fingerprint density at radius 3 is 2.29 bits per heavy atom. The fraction of sp³-hybridized carbons (Fsp3) is 0.556. The quantitative estimate of drug-likeness (QED) is 0.502. The topological polar surface area (TPSA) is 26.7 Å². The minimum absolute atomic E-state index is 0.0786. The standard InChI is InChI=1S/C25H30F4N2O.C2H6/c26-13-20-14-30(15-20)10-1-2-18-3-6-21(7-4-18)24-23-8-5-19(16-32)12-22(23)9-11-31(24)17-25(27,28)29;1-2/h3-8,12,20,24,32H,1-2,9-11,13-17H2;1-2H3. The van der Waals surface area contributed by atoms with E-state index >= 15 is 0 Å². The number of fused-ring (bicyclic) bond motifs is 1. The molecule has 2 aromatic rings. The molecule has 188 valence electrons. The average molecular weight is 481 g/mol. The van der Waals surface area contributed by atoms with E-state index in [4.69, 9.17) is 0 Å². The van der Waals surface area contributed by atoms with Crippen LogP contribution in [0.3, 0.4) is 0 Å². The lowest BCUT2D eigenvalue weighted by molar-refractivity contribution is -0.150. The van der Waals surface area contributed by atoms with Crippen molar-refractivity contribution in [3.8, 4) is 0 Å². The summed E-state index contributed by atoms with van der Waals surface area (Å²) in [7, 11) is 0. The number of hydrogen-bond donors (Lipinski definition) is 1. The summed E-state index contributed by atoms with van der Waals surface area (Å²) in [6.07, 6.45) is -1.86. The number of rotatable bonds is 8. The summed E-state index contributed by atoms with van der Waals surface area (Å²) in [4.78, 5) is 3.76. The van der Waals surface area contributed by atoms with Gasteiger partial charge in [0.05, 0.1) is 25.9 Å². The van der Waals surface area contributed by atoms with E-state index in [1.54, 1.807) is 6.07 Å². The van der Waals surface area contributed by atoms with Crippen molar-refractivity contribution in [2.75, 3.05) is 39.4 Å². The summed E-state index contributed by atoms with van der Waals surface area (Å²) in [6, 6.07) is 13.0. The second-order valence-corrected chi connectivity index (χ2v) is 9.05. The maximum atomic E-state index is 13.3. The predicted molar refractivity (Wildman–Crippen MR) is 128 cm³/mol. The normalized spacial score (nSPS) is 19.2. The molecule has 0 aromatic heterocycles. The van der Waals surface area contributed by atoms with E-state index in [0.717, 1.165) is 60.3 Å². The number of benzene rings is 2. The molecule has 4 rings (SSSR count). The van der Waals surface area contributed by atoms with Crippen molar-refractivity contribution in [1.29, 1.82) is 0 Å². The third-order valence-corrected chi connectivity index (χ3v) is 6.59. The number of aliphatic hydroxyl groups is 1. The molecule has 1 atom stereocenters. The number of likely N-dealkylation sites (tertiary alicyclic amines) is 1. The van der Waals surface area contributed by atoms with Crippen LogP contribution >= 0.6 is 0 Å². The molecule has 2 aliphatic heterocycles. The fourth-order valence-corrected chi connectivity index (χ4v) is 4.95. The third kappa shape index (κ3) is 6.80. The van der Waals surface area contributed by atoms with Crippen LogP contribution in [0.4, 0.5) is 17.6 Å². The Morgan fingerprint density at radius 1 is 1.00 bits per heavy atom. The van der Waals surface area contributed by atoms with Crippen LogP contribution in [0.1, 0.15) is 54.1 Å². The molecule has 0 aliphatic carbocycles. The van der Waals surface area contributed by atoms with Crippen molar-refractivity contribution in [2.45, 2.75) is 51.9 Å². The first-order valence-corrected chi connectivity index (χ1v) is 12.3. The van der Waals surface area contributed by atoms with E-state index in [1.165, 1.54) is 4.90 Å².